The maximum absolute atomic E-state index is 11.9. The highest BCUT2D eigenvalue weighted by atomic mass is 35.5. The number of esters is 1. The van der Waals surface area contributed by atoms with Crippen LogP contribution in [0, 0.1) is 0 Å². The van der Waals surface area contributed by atoms with Gasteiger partial charge in [0.05, 0.1) is 31.7 Å². The van der Waals surface area contributed by atoms with Gasteiger partial charge in [-0.05, 0) is 31.2 Å². The van der Waals surface area contributed by atoms with Gasteiger partial charge in [-0.3, -0.25) is 9.59 Å². The number of carbonyl (C=O) groups is 2. The number of nitrogens with zero attached hydrogens (tertiary/aromatic N) is 1. The molecule has 8 heteroatoms. The fraction of sp³-hybridized carbons (Fsp3) is 0.312. The van der Waals surface area contributed by atoms with Crippen LogP contribution in [0.5, 0.6) is 5.75 Å². The molecule has 1 amide bonds. The highest BCUT2D eigenvalue weighted by Crippen LogP contribution is 2.17. The molecule has 0 saturated carbocycles. The van der Waals surface area contributed by atoms with Crippen LogP contribution in [0.1, 0.15) is 19.0 Å². The van der Waals surface area contributed by atoms with Crippen LogP contribution in [0.3, 0.4) is 0 Å². The maximum Gasteiger partial charge on any atom is 0.311 e. The Hall–Kier alpha value is -2.12. The van der Waals surface area contributed by atoms with Crippen molar-refractivity contribution in [1.29, 1.82) is 0 Å². The molecule has 0 aliphatic heterocycles. The first-order valence-electron chi connectivity index (χ1n) is 7.35. The molecule has 0 atom stereocenters. The summed E-state index contributed by atoms with van der Waals surface area (Å²) in [5.74, 6) is 0.108. The summed E-state index contributed by atoms with van der Waals surface area (Å²) in [5, 5.41) is 5.47. The second-order valence-electron chi connectivity index (χ2n) is 4.73. The average Bonchev–Trinajstić information content (AvgIpc) is 2.96. The number of hydrogen-bond acceptors (Lipinski definition) is 6. The Morgan fingerprint density at radius 1 is 1.29 bits per heavy atom. The van der Waals surface area contributed by atoms with Gasteiger partial charge in [-0.2, -0.15) is 0 Å². The second-order valence-corrected chi connectivity index (χ2v) is 6.02. The molecule has 2 rings (SSSR count). The first kappa shape index (κ1) is 18.2. The Kier molecular flexibility index (Phi) is 7.02. The van der Waals surface area contributed by atoms with Crippen molar-refractivity contribution < 1.29 is 19.1 Å². The largest absolute Gasteiger partial charge is 0.493 e. The van der Waals surface area contributed by atoms with Crippen LogP contribution >= 0.6 is 22.9 Å². The fourth-order valence-electron chi connectivity index (χ4n) is 1.78. The normalized spacial score (nSPS) is 10.2. The lowest BCUT2D eigenvalue weighted by Gasteiger charge is -2.06. The molecule has 1 aromatic carbocycles. The highest BCUT2D eigenvalue weighted by molar-refractivity contribution is 7.13. The minimum absolute atomic E-state index is 0.0971. The Morgan fingerprint density at radius 3 is 2.75 bits per heavy atom. The summed E-state index contributed by atoms with van der Waals surface area (Å²) in [4.78, 5) is 27.4. The van der Waals surface area contributed by atoms with Gasteiger partial charge >= 0.3 is 5.97 Å². The van der Waals surface area contributed by atoms with Crippen LogP contribution in [0.4, 0.5) is 5.13 Å². The number of hydrogen-bond donors (Lipinski definition) is 1. The molecule has 0 saturated heterocycles. The van der Waals surface area contributed by atoms with E-state index in [1.54, 1.807) is 36.6 Å². The number of rotatable bonds is 8. The predicted octanol–water partition coefficient (Wildman–Crippen LogP) is 3.31. The smallest absolute Gasteiger partial charge is 0.311 e. The molecule has 1 N–H and O–H groups in total. The lowest BCUT2D eigenvalue weighted by atomic mass is 10.3. The summed E-state index contributed by atoms with van der Waals surface area (Å²) >= 11 is 7.05. The second kappa shape index (κ2) is 9.24. The van der Waals surface area contributed by atoms with Crippen molar-refractivity contribution >= 4 is 39.9 Å². The molecule has 1 heterocycles. The molecule has 0 fully saturated rings. The van der Waals surface area contributed by atoms with Gasteiger partial charge in [-0.15, -0.1) is 11.3 Å². The monoisotopic (exact) mass is 368 g/mol. The van der Waals surface area contributed by atoms with E-state index >= 15 is 0 Å². The average molecular weight is 369 g/mol. The van der Waals surface area contributed by atoms with Crippen LogP contribution in [-0.4, -0.2) is 30.1 Å². The van der Waals surface area contributed by atoms with Crippen LogP contribution < -0.4 is 10.1 Å². The van der Waals surface area contributed by atoms with E-state index in [0.717, 1.165) is 0 Å². The molecule has 128 valence electrons. The summed E-state index contributed by atoms with van der Waals surface area (Å²) in [6.45, 7) is 2.32. The molecule has 0 unspecified atom stereocenters. The summed E-state index contributed by atoms with van der Waals surface area (Å²) < 4.78 is 10.3. The predicted molar refractivity (Wildman–Crippen MR) is 92.6 cm³/mol. The third kappa shape index (κ3) is 6.17. The number of nitrogens with one attached hydrogen (secondary N) is 1. The quantitative estimate of drug-likeness (QED) is 0.723. The number of benzene rings is 1. The third-order valence-corrected chi connectivity index (χ3v) is 3.90. The van der Waals surface area contributed by atoms with Crippen LogP contribution in [0.2, 0.25) is 5.02 Å². The Balaban J connectivity index is 1.73. The lowest BCUT2D eigenvalue weighted by molar-refractivity contribution is -0.142. The molecule has 1 aromatic heterocycles. The SMILES string of the molecule is CCOC(=O)Cc1csc(NC(=O)CCOc2ccc(Cl)cc2)n1. The van der Waals surface area contributed by atoms with Crippen LogP contribution in [-0.2, 0) is 20.7 Å². The zero-order chi connectivity index (χ0) is 17.4. The van der Waals surface area contributed by atoms with Crippen molar-refractivity contribution in [3.63, 3.8) is 0 Å². The summed E-state index contributed by atoms with van der Waals surface area (Å²) in [7, 11) is 0. The van der Waals surface area contributed by atoms with Crippen LogP contribution in [0.15, 0.2) is 29.6 Å². The Morgan fingerprint density at radius 2 is 2.04 bits per heavy atom. The molecule has 0 aliphatic rings. The van der Waals surface area contributed by atoms with Gasteiger partial charge in [-0.1, -0.05) is 11.6 Å². The molecule has 0 radical (unpaired) electrons. The lowest BCUT2D eigenvalue weighted by Crippen LogP contribution is -2.15. The van der Waals surface area contributed by atoms with E-state index < -0.39 is 0 Å². The number of ether oxygens (including phenoxy) is 2. The number of carbonyl (C=O) groups excluding carboxylic acids is 2. The number of halogens is 1. The molecule has 0 spiro atoms. The van der Waals surface area contributed by atoms with E-state index in [2.05, 4.69) is 10.3 Å². The summed E-state index contributed by atoms with van der Waals surface area (Å²) in [6.07, 6.45) is 0.287. The zero-order valence-electron chi connectivity index (χ0n) is 13.1. The van der Waals surface area contributed by atoms with Gasteiger partial charge in [0, 0.05) is 10.4 Å². The van der Waals surface area contributed by atoms with Gasteiger partial charge in [0.1, 0.15) is 5.75 Å². The minimum Gasteiger partial charge on any atom is -0.493 e. The topological polar surface area (TPSA) is 77.5 Å². The van der Waals surface area contributed by atoms with E-state index in [1.807, 2.05) is 0 Å². The molecule has 0 aliphatic carbocycles. The van der Waals surface area contributed by atoms with Crippen molar-refractivity contribution in [2.45, 2.75) is 19.8 Å². The van der Waals surface area contributed by atoms with Crippen molar-refractivity contribution in [1.82, 2.24) is 4.98 Å². The number of amides is 1. The minimum atomic E-state index is -0.336. The van der Waals surface area contributed by atoms with E-state index in [0.29, 0.717) is 28.2 Å². The zero-order valence-corrected chi connectivity index (χ0v) is 14.7. The molecule has 24 heavy (non-hydrogen) atoms. The first-order chi connectivity index (χ1) is 11.6. The van der Waals surface area contributed by atoms with Gasteiger partial charge in [0.15, 0.2) is 5.13 Å². The van der Waals surface area contributed by atoms with E-state index in [1.165, 1.54) is 11.3 Å². The highest BCUT2D eigenvalue weighted by Gasteiger charge is 2.10. The third-order valence-electron chi connectivity index (χ3n) is 2.84. The number of anilines is 1. The van der Waals surface area contributed by atoms with E-state index in [4.69, 9.17) is 21.1 Å². The molecule has 6 nitrogen and oxygen atoms in total. The van der Waals surface area contributed by atoms with Gasteiger partial charge < -0.3 is 14.8 Å². The van der Waals surface area contributed by atoms with Crippen molar-refractivity contribution in [3.8, 4) is 5.75 Å². The molecular weight excluding hydrogens is 352 g/mol. The molecule has 0 bridgehead atoms. The van der Waals surface area contributed by atoms with Crippen molar-refractivity contribution in [3.05, 3.63) is 40.4 Å². The maximum atomic E-state index is 11.9. The first-order valence-corrected chi connectivity index (χ1v) is 8.61. The summed E-state index contributed by atoms with van der Waals surface area (Å²) in [6, 6.07) is 6.92. The van der Waals surface area contributed by atoms with Crippen molar-refractivity contribution in [2.24, 2.45) is 0 Å². The standard InChI is InChI=1S/C16H17ClN2O4S/c1-2-22-15(21)9-12-10-24-16(18-12)19-14(20)7-8-23-13-5-3-11(17)4-6-13/h3-6,10H,2,7-9H2,1H3,(H,18,19,20). The van der Waals surface area contributed by atoms with Crippen molar-refractivity contribution in [2.75, 3.05) is 18.5 Å². The van der Waals surface area contributed by atoms with Gasteiger partial charge in [-0.25, -0.2) is 4.98 Å². The van der Waals surface area contributed by atoms with Gasteiger partial charge in [0.2, 0.25) is 5.91 Å². The van der Waals surface area contributed by atoms with E-state index in [9.17, 15) is 9.59 Å². The molecule has 2 aromatic rings. The van der Waals surface area contributed by atoms with E-state index in [-0.39, 0.29) is 31.3 Å². The number of thiazole rings is 1. The van der Waals surface area contributed by atoms with Crippen LogP contribution in [0.25, 0.3) is 0 Å². The Labute approximate surface area is 148 Å². The Bertz CT molecular complexity index is 688. The number of aromatic nitrogens is 1. The fourth-order valence-corrected chi connectivity index (χ4v) is 2.63. The molecular formula is C16H17ClN2O4S. The van der Waals surface area contributed by atoms with Gasteiger partial charge in [0.25, 0.3) is 0 Å². The summed E-state index contributed by atoms with van der Waals surface area (Å²) in [5.41, 5.74) is 0.575.